The highest BCUT2D eigenvalue weighted by Crippen LogP contribution is 2.25. The van der Waals surface area contributed by atoms with Crippen LogP contribution in [0.2, 0.25) is 0 Å². The molecule has 0 spiro atoms. The molecule has 0 aliphatic carbocycles. The molecule has 4 rings (SSSR count). The van der Waals surface area contributed by atoms with Crippen molar-refractivity contribution in [2.24, 2.45) is 0 Å². The van der Waals surface area contributed by atoms with Crippen molar-refractivity contribution in [1.29, 1.82) is 0 Å². The molecular weight excluding hydrogens is 384 g/mol. The fraction of sp³-hybridized carbons (Fsp3) is 0.222. The van der Waals surface area contributed by atoms with Gasteiger partial charge in [0.1, 0.15) is 0 Å². The third-order valence-electron chi connectivity index (χ3n) is 4.40. The zero-order chi connectivity index (χ0) is 18.9. The predicted molar refractivity (Wildman–Crippen MR) is 105 cm³/mol. The number of nitrogens with one attached hydrogen (secondary N) is 2. The fourth-order valence-corrected chi connectivity index (χ4v) is 5.30. The summed E-state index contributed by atoms with van der Waals surface area (Å²) in [6.45, 7) is 1.10. The molecule has 2 N–H and O–H groups in total. The average Bonchev–Trinajstić information content (AvgIpc) is 3.36. The number of hydrogen-bond donors (Lipinski definition) is 2. The van der Waals surface area contributed by atoms with Crippen molar-refractivity contribution >= 4 is 42.6 Å². The summed E-state index contributed by atoms with van der Waals surface area (Å²) in [5.74, 6) is -0.362. The number of anilines is 1. The highest BCUT2D eigenvalue weighted by Gasteiger charge is 2.27. The summed E-state index contributed by atoms with van der Waals surface area (Å²) < 4.78 is 27.5. The van der Waals surface area contributed by atoms with Crippen LogP contribution in [0.15, 0.2) is 53.4 Å². The normalized spacial score (nSPS) is 15.1. The smallest absolute Gasteiger partial charge is 0.269 e. The van der Waals surface area contributed by atoms with Crippen LogP contribution in [-0.4, -0.2) is 36.7 Å². The van der Waals surface area contributed by atoms with Gasteiger partial charge in [-0.3, -0.25) is 15.6 Å². The number of hydrazine groups is 1. The van der Waals surface area contributed by atoms with Crippen molar-refractivity contribution in [2.75, 3.05) is 18.5 Å². The largest absolute Gasteiger partial charge is 0.273 e. The SMILES string of the molecule is O=C(NNc1nc2ccccc2s1)c1ccc(S(=O)(=O)N2CCCC2)cc1. The monoisotopic (exact) mass is 402 g/mol. The van der Waals surface area contributed by atoms with E-state index in [0.717, 1.165) is 23.1 Å². The van der Waals surface area contributed by atoms with E-state index in [1.54, 1.807) is 0 Å². The molecule has 0 unspecified atom stereocenters. The maximum atomic E-state index is 12.5. The molecule has 0 atom stereocenters. The Balaban J connectivity index is 1.43. The van der Waals surface area contributed by atoms with Crippen molar-refractivity contribution in [3.63, 3.8) is 0 Å². The summed E-state index contributed by atoms with van der Waals surface area (Å²) in [6.07, 6.45) is 1.77. The molecular formula is C18H18N4O3S2. The number of nitrogens with zero attached hydrogens (tertiary/aromatic N) is 2. The second kappa shape index (κ2) is 7.26. The molecule has 1 amide bonds. The molecule has 0 radical (unpaired) electrons. The highest BCUT2D eigenvalue weighted by molar-refractivity contribution is 7.89. The van der Waals surface area contributed by atoms with Gasteiger partial charge in [0.25, 0.3) is 5.91 Å². The maximum absolute atomic E-state index is 12.5. The van der Waals surface area contributed by atoms with E-state index < -0.39 is 10.0 Å². The number of thiazole rings is 1. The first kappa shape index (κ1) is 17.9. The van der Waals surface area contributed by atoms with Crippen LogP contribution in [0.4, 0.5) is 5.13 Å². The van der Waals surface area contributed by atoms with E-state index in [4.69, 9.17) is 0 Å². The predicted octanol–water partition coefficient (Wildman–Crippen LogP) is 2.84. The Morgan fingerprint density at radius 1 is 1.04 bits per heavy atom. The van der Waals surface area contributed by atoms with Crippen LogP contribution >= 0.6 is 11.3 Å². The number of hydrogen-bond acceptors (Lipinski definition) is 6. The Kier molecular flexibility index (Phi) is 4.81. The van der Waals surface area contributed by atoms with Gasteiger partial charge in [-0.1, -0.05) is 23.5 Å². The molecule has 2 heterocycles. The molecule has 1 aliphatic rings. The molecule has 1 saturated heterocycles. The Morgan fingerprint density at radius 3 is 2.44 bits per heavy atom. The van der Waals surface area contributed by atoms with Gasteiger partial charge in [0.15, 0.2) is 0 Å². The van der Waals surface area contributed by atoms with E-state index in [0.29, 0.717) is 23.8 Å². The second-order valence-electron chi connectivity index (χ2n) is 6.20. The van der Waals surface area contributed by atoms with E-state index in [1.807, 2.05) is 24.3 Å². The first-order chi connectivity index (χ1) is 13.0. The number of rotatable bonds is 5. The van der Waals surface area contributed by atoms with Crippen molar-refractivity contribution in [1.82, 2.24) is 14.7 Å². The van der Waals surface area contributed by atoms with Crippen LogP contribution in [0.5, 0.6) is 0 Å². The Hall–Kier alpha value is -2.49. The topological polar surface area (TPSA) is 91.4 Å². The van der Waals surface area contributed by atoms with Crippen molar-refractivity contribution in [3.8, 4) is 0 Å². The lowest BCUT2D eigenvalue weighted by Gasteiger charge is -2.15. The molecule has 3 aromatic rings. The maximum Gasteiger partial charge on any atom is 0.269 e. The quantitative estimate of drug-likeness (QED) is 0.641. The number of sulfonamides is 1. The van der Waals surface area contributed by atoms with Gasteiger partial charge in [-0.15, -0.1) is 0 Å². The van der Waals surface area contributed by atoms with Gasteiger partial charge in [0.05, 0.1) is 15.1 Å². The van der Waals surface area contributed by atoms with E-state index in [2.05, 4.69) is 15.8 Å². The van der Waals surface area contributed by atoms with Crippen LogP contribution in [-0.2, 0) is 10.0 Å². The summed E-state index contributed by atoms with van der Waals surface area (Å²) in [4.78, 5) is 16.9. The van der Waals surface area contributed by atoms with Crippen LogP contribution in [0.3, 0.4) is 0 Å². The molecule has 1 aromatic heterocycles. The van der Waals surface area contributed by atoms with E-state index >= 15 is 0 Å². The molecule has 140 valence electrons. The summed E-state index contributed by atoms with van der Waals surface area (Å²) in [7, 11) is -3.47. The molecule has 9 heteroatoms. The number of benzene rings is 2. The standard InChI is InChI=1S/C18H18N4O3S2/c23-17(20-21-18-19-15-5-1-2-6-16(15)26-18)13-7-9-14(10-8-13)27(24,25)22-11-3-4-12-22/h1-2,5-10H,3-4,11-12H2,(H,19,21)(H,20,23). The highest BCUT2D eigenvalue weighted by atomic mass is 32.2. The van der Waals surface area contributed by atoms with Gasteiger partial charge in [-0.2, -0.15) is 4.31 Å². The number of carbonyl (C=O) groups is 1. The number of amides is 1. The summed E-state index contributed by atoms with van der Waals surface area (Å²) in [6, 6.07) is 13.7. The molecule has 0 bridgehead atoms. The first-order valence-corrected chi connectivity index (χ1v) is 10.8. The minimum absolute atomic E-state index is 0.208. The molecule has 27 heavy (non-hydrogen) atoms. The molecule has 1 fully saturated rings. The van der Waals surface area contributed by atoms with Crippen LogP contribution in [0.25, 0.3) is 10.2 Å². The summed E-state index contributed by atoms with van der Waals surface area (Å²) in [5.41, 5.74) is 6.61. The number of para-hydroxylation sites is 1. The molecule has 1 aliphatic heterocycles. The average molecular weight is 403 g/mol. The lowest BCUT2D eigenvalue weighted by molar-refractivity contribution is 0.0962. The third kappa shape index (κ3) is 3.66. The van der Waals surface area contributed by atoms with Gasteiger partial charge in [-0.25, -0.2) is 13.4 Å². The Morgan fingerprint density at radius 2 is 1.74 bits per heavy atom. The first-order valence-electron chi connectivity index (χ1n) is 8.56. The van der Waals surface area contributed by atoms with Crippen LogP contribution in [0.1, 0.15) is 23.2 Å². The van der Waals surface area contributed by atoms with Gasteiger partial charge in [-0.05, 0) is 49.2 Å². The van der Waals surface area contributed by atoms with Crippen LogP contribution in [0, 0.1) is 0 Å². The molecule has 2 aromatic carbocycles. The van der Waals surface area contributed by atoms with Crippen LogP contribution < -0.4 is 10.9 Å². The zero-order valence-electron chi connectivity index (χ0n) is 14.4. The van der Waals surface area contributed by atoms with Gasteiger partial charge in [0, 0.05) is 18.7 Å². The zero-order valence-corrected chi connectivity index (χ0v) is 16.0. The Labute approximate surface area is 161 Å². The lowest BCUT2D eigenvalue weighted by atomic mass is 10.2. The van der Waals surface area contributed by atoms with Crippen molar-refractivity contribution < 1.29 is 13.2 Å². The molecule has 7 nitrogen and oxygen atoms in total. The van der Waals surface area contributed by atoms with E-state index in [-0.39, 0.29) is 10.8 Å². The molecule has 0 saturated carbocycles. The minimum atomic E-state index is -3.47. The lowest BCUT2D eigenvalue weighted by Crippen LogP contribution is -2.30. The van der Waals surface area contributed by atoms with Crippen molar-refractivity contribution in [2.45, 2.75) is 17.7 Å². The number of carbonyl (C=O) groups excluding carboxylic acids is 1. The number of aromatic nitrogens is 1. The Bertz CT molecular complexity index is 1040. The minimum Gasteiger partial charge on any atom is -0.273 e. The van der Waals surface area contributed by atoms with Crippen molar-refractivity contribution in [3.05, 3.63) is 54.1 Å². The second-order valence-corrected chi connectivity index (χ2v) is 9.17. The van der Waals surface area contributed by atoms with Gasteiger partial charge in [0.2, 0.25) is 15.2 Å². The van der Waals surface area contributed by atoms with Gasteiger partial charge < -0.3 is 0 Å². The summed E-state index contributed by atoms with van der Waals surface area (Å²) in [5, 5.41) is 0.581. The fourth-order valence-electron chi connectivity index (χ4n) is 2.96. The number of fused-ring (bicyclic) bond motifs is 1. The van der Waals surface area contributed by atoms with Gasteiger partial charge >= 0.3 is 0 Å². The third-order valence-corrected chi connectivity index (χ3v) is 7.26. The van der Waals surface area contributed by atoms with E-state index in [9.17, 15) is 13.2 Å². The summed E-state index contributed by atoms with van der Waals surface area (Å²) >= 11 is 1.43. The van der Waals surface area contributed by atoms with E-state index in [1.165, 1.54) is 39.9 Å².